The van der Waals surface area contributed by atoms with Crippen LogP contribution in [0.3, 0.4) is 0 Å². The largest absolute Gasteiger partial charge is 0.300 e. The van der Waals surface area contributed by atoms with Gasteiger partial charge in [0.15, 0.2) is 0 Å². The van der Waals surface area contributed by atoms with E-state index in [1.807, 2.05) is 0 Å². The fourth-order valence-electron chi connectivity index (χ4n) is 2.76. The van der Waals surface area contributed by atoms with Crippen LogP contribution in [0.15, 0.2) is 0 Å². The van der Waals surface area contributed by atoms with Crippen molar-refractivity contribution in [1.29, 1.82) is 0 Å². The van der Waals surface area contributed by atoms with Gasteiger partial charge in [-0.05, 0) is 50.4 Å². The lowest BCUT2D eigenvalue weighted by Crippen LogP contribution is -2.41. The molecular weight excluding hydrogens is 198 g/mol. The molecule has 3 heteroatoms. The minimum Gasteiger partial charge on any atom is -0.300 e. The maximum atomic E-state index is 11.0. The summed E-state index contributed by atoms with van der Waals surface area (Å²) >= 11 is 5.51. The highest BCUT2D eigenvalue weighted by atomic mass is 35.5. The second kappa shape index (κ2) is 4.63. The third-order valence-electron chi connectivity index (χ3n) is 3.69. The Balaban J connectivity index is 1.80. The van der Waals surface area contributed by atoms with E-state index in [0.29, 0.717) is 0 Å². The predicted octanol–water partition coefficient (Wildman–Crippen LogP) is 2.41. The van der Waals surface area contributed by atoms with Gasteiger partial charge in [-0.2, -0.15) is 0 Å². The molecule has 0 spiro atoms. The molecule has 1 heterocycles. The summed E-state index contributed by atoms with van der Waals surface area (Å²) in [5, 5.41) is -0.129. The molecule has 0 unspecified atom stereocenters. The second-order valence-corrected chi connectivity index (χ2v) is 4.93. The maximum Gasteiger partial charge on any atom is 0.224 e. The molecule has 1 aliphatic heterocycles. The smallest absolute Gasteiger partial charge is 0.224 e. The summed E-state index contributed by atoms with van der Waals surface area (Å²) in [6.45, 7) is 2.15. The van der Waals surface area contributed by atoms with Crippen LogP contribution in [0.25, 0.3) is 0 Å². The van der Waals surface area contributed by atoms with Gasteiger partial charge < -0.3 is 4.90 Å². The van der Waals surface area contributed by atoms with Gasteiger partial charge >= 0.3 is 0 Å². The molecule has 1 saturated carbocycles. The number of carbonyl (C=O) groups excluding carboxylic acids is 1. The summed E-state index contributed by atoms with van der Waals surface area (Å²) in [4.78, 5) is 13.5. The monoisotopic (exact) mass is 215 g/mol. The Labute approximate surface area is 90.6 Å². The topological polar surface area (TPSA) is 20.3 Å². The summed E-state index contributed by atoms with van der Waals surface area (Å²) < 4.78 is 0. The van der Waals surface area contributed by atoms with Gasteiger partial charge in [-0.1, -0.05) is 12.8 Å². The molecule has 0 N–H and O–H groups in total. The molecule has 0 aromatic carbocycles. The summed E-state index contributed by atoms with van der Waals surface area (Å²) in [5.74, 6) is 0.134. The summed E-state index contributed by atoms with van der Waals surface area (Å²) in [6.07, 6.45) is 7.44. The number of hydrogen-bond acceptors (Lipinski definition) is 2. The van der Waals surface area contributed by atoms with Crippen LogP contribution in [0.1, 0.15) is 38.5 Å². The highest BCUT2D eigenvalue weighted by Gasteiger charge is 2.29. The van der Waals surface area contributed by atoms with E-state index >= 15 is 0 Å². The number of halogens is 1. The first-order chi connectivity index (χ1) is 6.77. The Morgan fingerprint density at radius 1 is 1.07 bits per heavy atom. The molecule has 1 saturated heterocycles. The molecule has 0 aromatic rings. The van der Waals surface area contributed by atoms with Crippen molar-refractivity contribution in [3.05, 3.63) is 0 Å². The molecule has 0 amide bonds. The van der Waals surface area contributed by atoms with Crippen LogP contribution in [-0.4, -0.2) is 29.3 Å². The minimum atomic E-state index is -0.129. The van der Waals surface area contributed by atoms with E-state index in [9.17, 15) is 4.79 Å². The van der Waals surface area contributed by atoms with Crippen LogP contribution in [0.2, 0.25) is 0 Å². The van der Waals surface area contributed by atoms with E-state index in [1.165, 1.54) is 25.7 Å². The first-order valence-electron chi connectivity index (χ1n) is 5.71. The van der Waals surface area contributed by atoms with E-state index in [2.05, 4.69) is 4.90 Å². The molecule has 14 heavy (non-hydrogen) atoms. The highest BCUT2D eigenvalue weighted by molar-refractivity contribution is 6.63. The molecular formula is C11H18ClNO. The highest BCUT2D eigenvalue weighted by Crippen LogP contribution is 2.28. The lowest BCUT2D eigenvalue weighted by Gasteiger charge is -2.34. The first kappa shape index (κ1) is 10.4. The van der Waals surface area contributed by atoms with Crippen LogP contribution in [0.4, 0.5) is 0 Å². The number of nitrogens with zero attached hydrogens (tertiary/aromatic N) is 1. The summed E-state index contributed by atoms with van der Waals surface area (Å²) in [5.41, 5.74) is 0. The van der Waals surface area contributed by atoms with Crippen molar-refractivity contribution in [1.82, 2.24) is 4.90 Å². The molecule has 2 aliphatic rings. The Hall–Kier alpha value is -0.0800. The van der Waals surface area contributed by atoms with Crippen LogP contribution in [-0.2, 0) is 4.79 Å². The molecule has 0 atom stereocenters. The third-order valence-corrected chi connectivity index (χ3v) is 4.00. The van der Waals surface area contributed by atoms with Gasteiger partial charge in [-0.3, -0.25) is 4.79 Å². The number of rotatable bonds is 2. The van der Waals surface area contributed by atoms with Gasteiger partial charge in [0.05, 0.1) is 0 Å². The zero-order chi connectivity index (χ0) is 9.97. The minimum absolute atomic E-state index is 0.129. The van der Waals surface area contributed by atoms with Gasteiger partial charge in [0.25, 0.3) is 0 Å². The number of carbonyl (C=O) groups is 1. The number of likely N-dealkylation sites (tertiary alicyclic amines) is 1. The van der Waals surface area contributed by atoms with E-state index in [1.54, 1.807) is 0 Å². The number of piperidine rings is 1. The number of hydrogen-bond donors (Lipinski definition) is 0. The predicted molar refractivity (Wildman–Crippen MR) is 57.4 cm³/mol. The van der Waals surface area contributed by atoms with Crippen LogP contribution in [0, 0.1) is 5.92 Å². The van der Waals surface area contributed by atoms with Crippen molar-refractivity contribution in [3.8, 4) is 0 Å². The van der Waals surface area contributed by atoms with E-state index in [0.717, 1.165) is 32.0 Å². The quantitative estimate of drug-likeness (QED) is 0.660. The van der Waals surface area contributed by atoms with E-state index in [4.69, 9.17) is 11.6 Å². The first-order valence-corrected chi connectivity index (χ1v) is 6.08. The Bertz CT molecular complexity index is 205. The summed E-state index contributed by atoms with van der Waals surface area (Å²) in [7, 11) is 0. The Kier molecular flexibility index (Phi) is 3.45. The van der Waals surface area contributed by atoms with Crippen LogP contribution < -0.4 is 0 Å². The molecule has 2 fully saturated rings. The van der Waals surface area contributed by atoms with Gasteiger partial charge in [-0.15, -0.1) is 0 Å². The third kappa shape index (κ3) is 2.29. The molecule has 1 aliphatic carbocycles. The molecule has 0 radical (unpaired) electrons. The van der Waals surface area contributed by atoms with Gasteiger partial charge in [-0.25, -0.2) is 0 Å². The average molecular weight is 216 g/mol. The molecule has 80 valence electrons. The summed E-state index contributed by atoms with van der Waals surface area (Å²) in [6, 6.07) is 0.807. The van der Waals surface area contributed by atoms with Crippen molar-refractivity contribution < 1.29 is 4.79 Å². The van der Waals surface area contributed by atoms with Crippen molar-refractivity contribution in [2.45, 2.75) is 44.6 Å². The standard InChI is InChI=1S/C11H18ClNO/c12-11(14)9-5-7-13(8-6-9)10-3-1-2-4-10/h9-10H,1-8H2. The normalized spacial score (nSPS) is 26.9. The molecule has 0 aromatic heterocycles. The zero-order valence-corrected chi connectivity index (χ0v) is 9.30. The van der Waals surface area contributed by atoms with Crippen molar-refractivity contribution in [3.63, 3.8) is 0 Å². The zero-order valence-electron chi connectivity index (χ0n) is 8.54. The SMILES string of the molecule is O=C(Cl)C1CCN(C2CCCC2)CC1. The van der Waals surface area contributed by atoms with E-state index < -0.39 is 0 Å². The lowest BCUT2D eigenvalue weighted by atomic mass is 9.97. The van der Waals surface area contributed by atoms with Crippen LogP contribution >= 0.6 is 11.6 Å². The van der Waals surface area contributed by atoms with Crippen molar-refractivity contribution >= 4 is 16.8 Å². The lowest BCUT2D eigenvalue weighted by molar-refractivity contribution is -0.116. The average Bonchev–Trinajstić information content (AvgIpc) is 2.71. The fourth-order valence-corrected chi connectivity index (χ4v) is 2.98. The molecule has 2 rings (SSSR count). The van der Waals surface area contributed by atoms with Gasteiger partial charge in [0.2, 0.25) is 5.24 Å². The van der Waals surface area contributed by atoms with Gasteiger partial charge in [0, 0.05) is 12.0 Å². The Morgan fingerprint density at radius 3 is 2.14 bits per heavy atom. The van der Waals surface area contributed by atoms with Gasteiger partial charge in [0.1, 0.15) is 0 Å². The van der Waals surface area contributed by atoms with Crippen molar-refractivity contribution in [2.24, 2.45) is 5.92 Å². The van der Waals surface area contributed by atoms with Crippen molar-refractivity contribution in [2.75, 3.05) is 13.1 Å². The second-order valence-electron chi connectivity index (χ2n) is 4.55. The maximum absolute atomic E-state index is 11.0. The Morgan fingerprint density at radius 2 is 1.64 bits per heavy atom. The van der Waals surface area contributed by atoms with Crippen LogP contribution in [0.5, 0.6) is 0 Å². The molecule has 2 nitrogen and oxygen atoms in total. The molecule has 0 bridgehead atoms. The van der Waals surface area contributed by atoms with E-state index in [-0.39, 0.29) is 11.2 Å². The fraction of sp³-hybridized carbons (Fsp3) is 0.909.